The summed E-state index contributed by atoms with van der Waals surface area (Å²) in [6.45, 7) is 0.899. The number of nitrogens with zero attached hydrogens (tertiary/aromatic N) is 1. The van der Waals surface area contributed by atoms with Gasteiger partial charge in [-0.2, -0.15) is 9.90 Å². The number of amides is 1. The maximum Gasteiger partial charge on any atom is 0.544 e. The lowest BCUT2D eigenvalue weighted by molar-refractivity contribution is -0.327. The minimum absolute atomic E-state index is 0.00276. The van der Waals surface area contributed by atoms with Crippen LogP contribution in [0.25, 0.3) is 0 Å². The number of carbonyl (C=O) groups excluding carboxylic acids is 2. The lowest BCUT2D eigenvalue weighted by Gasteiger charge is -2.21. The molecule has 8 heteroatoms. The van der Waals surface area contributed by atoms with Crippen molar-refractivity contribution in [3.05, 3.63) is 29.8 Å². The summed E-state index contributed by atoms with van der Waals surface area (Å²) in [5.74, 6) is -1.73. The van der Waals surface area contributed by atoms with Crippen LogP contribution in [0.3, 0.4) is 0 Å². The smallest absolute Gasteiger partial charge is 0.465 e. The Morgan fingerprint density at radius 1 is 1.26 bits per heavy atom. The van der Waals surface area contributed by atoms with Gasteiger partial charge in [-0.15, -0.1) is 13.2 Å². The van der Waals surface area contributed by atoms with Gasteiger partial charge >= 0.3 is 12.3 Å². The van der Waals surface area contributed by atoms with Crippen LogP contribution in [0, 0.1) is 0 Å². The van der Waals surface area contributed by atoms with E-state index >= 15 is 0 Å². The van der Waals surface area contributed by atoms with Gasteiger partial charge in [-0.05, 0) is 18.2 Å². The van der Waals surface area contributed by atoms with Gasteiger partial charge in [0.25, 0.3) is 0 Å². The number of carbonyl (C=O) groups is 2. The van der Waals surface area contributed by atoms with Gasteiger partial charge in [0, 0.05) is 6.92 Å². The molecule has 0 unspecified atom stereocenters. The van der Waals surface area contributed by atoms with Crippen LogP contribution in [0.2, 0.25) is 0 Å². The zero-order valence-electron chi connectivity index (χ0n) is 10.0. The summed E-state index contributed by atoms with van der Waals surface area (Å²) in [4.78, 5) is 26.0. The molecule has 0 aliphatic rings. The Hall–Kier alpha value is -2.09. The van der Waals surface area contributed by atoms with Crippen molar-refractivity contribution >= 4 is 17.6 Å². The van der Waals surface area contributed by atoms with Crippen LogP contribution >= 0.6 is 0 Å². The lowest BCUT2D eigenvalue weighted by Crippen LogP contribution is -2.35. The minimum atomic E-state index is -5.02. The molecular weight excluding hydrogens is 267 g/mol. The second-order valence-electron chi connectivity index (χ2n) is 3.39. The molecule has 19 heavy (non-hydrogen) atoms. The Labute approximate surface area is 106 Å². The number of esters is 1. The fraction of sp³-hybridized carbons (Fsp3) is 0.273. The summed E-state index contributed by atoms with van der Waals surface area (Å²) >= 11 is 0. The zero-order chi connectivity index (χ0) is 14.6. The van der Waals surface area contributed by atoms with Crippen LogP contribution in [0.4, 0.5) is 18.9 Å². The third-order valence-electron chi connectivity index (χ3n) is 1.98. The first kappa shape index (κ1) is 15.0. The SMILES string of the molecule is COC(=O)c1cccc(N(OC(F)(F)F)C(C)=O)c1. The molecule has 1 aromatic carbocycles. The predicted octanol–water partition coefficient (Wildman–Crippen LogP) is 2.28. The molecule has 0 aromatic heterocycles. The van der Waals surface area contributed by atoms with E-state index in [1.54, 1.807) is 0 Å². The largest absolute Gasteiger partial charge is 0.544 e. The van der Waals surface area contributed by atoms with Crippen molar-refractivity contribution in [3.8, 4) is 0 Å². The molecule has 5 nitrogen and oxygen atoms in total. The van der Waals surface area contributed by atoms with E-state index in [9.17, 15) is 22.8 Å². The zero-order valence-corrected chi connectivity index (χ0v) is 10.0. The van der Waals surface area contributed by atoms with Crippen molar-refractivity contribution in [2.45, 2.75) is 13.3 Å². The first-order valence-electron chi connectivity index (χ1n) is 4.99. The number of alkyl halides is 3. The molecule has 0 spiro atoms. The fourth-order valence-electron chi connectivity index (χ4n) is 1.28. The van der Waals surface area contributed by atoms with Gasteiger partial charge in [-0.3, -0.25) is 4.79 Å². The summed E-state index contributed by atoms with van der Waals surface area (Å²) in [7, 11) is 1.13. The van der Waals surface area contributed by atoms with Gasteiger partial charge in [0.15, 0.2) is 0 Å². The second-order valence-corrected chi connectivity index (χ2v) is 3.39. The van der Waals surface area contributed by atoms with Gasteiger partial charge in [0.1, 0.15) is 0 Å². The Bertz CT molecular complexity index is 487. The summed E-state index contributed by atoms with van der Waals surface area (Å²) < 4.78 is 40.9. The molecule has 0 aliphatic heterocycles. The molecular formula is C11H10F3NO4. The number of methoxy groups -OCH3 is 1. The summed E-state index contributed by atoms with van der Waals surface area (Å²) in [5, 5.41) is 0.0481. The third kappa shape index (κ3) is 4.25. The van der Waals surface area contributed by atoms with Gasteiger partial charge in [-0.1, -0.05) is 6.07 Å². The van der Waals surface area contributed by atoms with Crippen molar-refractivity contribution in [2.75, 3.05) is 12.2 Å². The van der Waals surface area contributed by atoms with E-state index < -0.39 is 18.2 Å². The van der Waals surface area contributed by atoms with Crippen molar-refractivity contribution in [3.63, 3.8) is 0 Å². The molecule has 1 rings (SSSR count). The van der Waals surface area contributed by atoms with Crippen molar-refractivity contribution in [1.82, 2.24) is 0 Å². The highest BCUT2D eigenvalue weighted by atomic mass is 19.4. The standard InChI is InChI=1S/C11H10F3NO4/c1-7(16)15(19-11(12,13)14)9-5-3-4-8(6-9)10(17)18-2/h3-6H,1-2H3. The second kappa shape index (κ2) is 5.70. The molecule has 0 aliphatic carbocycles. The van der Waals surface area contributed by atoms with E-state index in [1.807, 2.05) is 0 Å². The Morgan fingerprint density at radius 2 is 1.89 bits per heavy atom. The number of rotatable bonds is 3. The van der Waals surface area contributed by atoms with Gasteiger partial charge in [0.05, 0.1) is 18.4 Å². The van der Waals surface area contributed by atoms with E-state index in [0.717, 1.165) is 20.1 Å². The Morgan fingerprint density at radius 3 is 2.37 bits per heavy atom. The fourth-order valence-corrected chi connectivity index (χ4v) is 1.28. The van der Waals surface area contributed by atoms with E-state index in [0.29, 0.717) is 0 Å². The first-order chi connectivity index (χ1) is 8.74. The summed E-state index contributed by atoms with van der Waals surface area (Å²) in [6, 6.07) is 4.89. The molecule has 0 atom stereocenters. The molecule has 1 aromatic rings. The normalized spacial score (nSPS) is 11.0. The molecule has 0 heterocycles. The van der Waals surface area contributed by atoms with Gasteiger partial charge in [-0.25, -0.2) is 4.79 Å². The molecule has 0 saturated carbocycles. The lowest BCUT2D eigenvalue weighted by atomic mass is 10.2. The van der Waals surface area contributed by atoms with E-state index in [1.165, 1.54) is 18.2 Å². The predicted molar refractivity (Wildman–Crippen MR) is 58.1 cm³/mol. The average Bonchev–Trinajstić information content (AvgIpc) is 2.34. The molecule has 1 amide bonds. The van der Waals surface area contributed by atoms with Crippen LogP contribution in [0.1, 0.15) is 17.3 Å². The van der Waals surface area contributed by atoms with Crippen LogP contribution in [-0.4, -0.2) is 25.3 Å². The molecule has 0 saturated heterocycles. The molecule has 0 radical (unpaired) electrons. The number of anilines is 1. The van der Waals surface area contributed by atoms with Gasteiger partial charge < -0.3 is 4.74 Å². The minimum Gasteiger partial charge on any atom is -0.465 e. The molecule has 0 fully saturated rings. The monoisotopic (exact) mass is 277 g/mol. The molecule has 0 N–H and O–H groups in total. The van der Waals surface area contributed by atoms with Crippen molar-refractivity contribution in [1.29, 1.82) is 0 Å². The molecule has 0 bridgehead atoms. The van der Waals surface area contributed by atoms with Crippen molar-refractivity contribution in [2.24, 2.45) is 0 Å². The Kier molecular flexibility index (Phi) is 4.49. The highest BCUT2D eigenvalue weighted by Crippen LogP contribution is 2.24. The number of halogens is 3. The summed E-state index contributed by atoms with van der Waals surface area (Å²) in [5.41, 5.74) is -0.232. The first-order valence-corrected chi connectivity index (χ1v) is 4.99. The molecule has 104 valence electrons. The topological polar surface area (TPSA) is 55.8 Å². The quantitative estimate of drug-likeness (QED) is 0.628. The highest BCUT2D eigenvalue weighted by Gasteiger charge is 2.35. The van der Waals surface area contributed by atoms with Crippen LogP contribution in [0.5, 0.6) is 0 Å². The number of hydroxylamine groups is 1. The number of benzene rings is 1. The number of ether oxygens (including phenoxy) is 1. The maximum atomic E-state index is 12.2. The van der Waals surface area contributed by atoms with Crippen molar-refractivity contribution < 1.29 is 32.3 Å². The average molecular weight is 277 g/mol. The van der Waals surface area contributed by atoms with Crippen LogP contribution in [-0.2, 0) is 14.4 Å². The highest BCUT2D eigenvalue weighted by molar-refractivity contribution is 5.93. The number of hydrogen-bond acceptors (Lipinski definition) is 4. The van der Waals surface area contributed by atoms with E-state index in [-0.39, 0.29) is 16.3 Å². The third-order valence-corrected chi connectivity index (χ3v) is 1.98. The van der Waals surface area contributed by atoms with Gasteiger partial charge in [0.2, 0.25) is 5.91 Å². The van der Waals surface area contributed by atoms with Crippen LogP contribution < -0.4 is 5.06 Å². The maximum absolute atomic E-state index is 12.2. The summed E-state index contributed by atoms with van der Waals surface area (Å²) in [6.07, 6.45) is -5.02. The number of hydrogen-bond donors (Lipinski definition) is 0. The van der Waals surface area contributed by atoms with Crippen LogP contribution in [0.15, 0.2) is 24.3 Å². The Balaban J connectivity index is 3.10. The van der Waals surface area contributed by atoms with E-state index in [4.69, 9.17) is 0 Å². The van der Waals surface area contributed by atoms with E-state index in [2.05, 4.69) is 9.57 Å².